The lowest BCUT2D eigenvalue weighted by molar-refractivity contribution is 0.867. The van der Waals surface area contributed by atoms with Crippen molar-refractivity contribution in [1.82, 2.24) is 24.2 Å². The predicted molar refractivity (Wildman–Crippen MR) is 84.1 cm³/mol. The zero-order valence-corrected chi connectivity index (χ0v) is 12.3. The fraction of sp³-hybridized carbons (Fsp3) is 0.188. The number of H-pyrrole nitrogens is 1. The summed E-state index contributed by atoms with van der Waals surface area (Å²) < 4.78 is 3.21. The van der Waals surface area contributed by atoms with Crippen LogP contribution in [-0.4, -0.2) is 24.2 Å². The summed E-state index contributed by atoms with van der Waals surface area (Å²) in [6.45, 7) is 4.35. The molecule has 0 unspecified atom stereocenters. The maximum atomic E-state index is 11.6. The maximum Gasteiger partial charge on any atom is 0.347 e. The summed E-state index contributed by atoms with van der Waals surface area (Å²) in [6, 6.07) is 10.3. The summed E-state index contributed by atoms with van der Waals surface area (Å²) in [5.74, 6) is 0.505. The molecule has 22 heavy (non-hydrogen) atoms. The van der Waals surface area contributed by atoms with Crippen LogP contribution in [0.5, 0.6) is 0 Å². The minimum atomic E-state index is -0.249. The molecule has 0 bridgehead atoms. The first-order valence-corrected chi connectivity index (χ1v) is 7.19. The average Bonchev–Trinajstić information content (AvgIpc) is 3.11. The van der Waals surface area contributed by atoms with Crippen LogP contribution in [0.1, 0.15) is 25.3 Å². The number of aromatic amines is 1. The SMILES string of the molecule is CC(C)c1ccc(-c2cc3c4n[nH]c(=O)n4ccn3n2)cc1. The third-order valence-electron chi connectivity index (χ3n) is 3.90. The summed E-state index contributed by atoms with van der Waals surface area (Å²) in [6.07, 6.45) is 3.41. The molecule has 3 heterocycles. The third kappa shape index (κ3) is 1.84. The van der Waals surface area contributed by atoms with Gasteiger partial charge in [0.15, 0.2) is 5.65 Å². The number of aromatic nitrogens is 5. The van der Waals surface area contributed by atoms with E-state index in [4.69, 9.17) is 0 Å². The van der Waals surface area contributed by atoms with Crippen molar-refractivity contribution >= 4 is 11.2 Å². The Labute approximate surface area is 126 Å². The molecular weight excluding hydrogens is 278 g/mol. The van der Waals surface area contributed by atoms with Crippen molar-refractivity contribution in [2.45, 2.75) is 19.8 Å². The summed E-state index contributed by atoms with van der Waals surface area (Å²) in [5.41, 5.74) is 4.33. The lowest BCUT2D eigenvalue weighted by atomic mass is 10.0. The molecule has 110 valence electrons. The second-order valence-corrected chi connectivity index (χ2v) is 5.66. The van der Waals surface area contributed by atoms with Crippen molar-refractivity contribution in [1.29, 1.82) is 0 Å². The quantitative estimate of drug-likeness (QED) is 0.617. The second kappa shape index (κ2) is 4.56. The topological polar surface area (TPSA) is 67.5 Å². The van der Waals surface area contributed by atoms with Gasteiger partial charge in [-0.2, -0.15) is 10.2 Å². The lowest BCUT2D eigenvalue weighted by Crippen LogP contribution is -2.09. The molecule has 0 radical (unpaired) electrons. The van der Waals surface area contributed by atoms with Gasteiger partial charge in [0.1, 0.15) is 5.52 Å². The Kier molecular flexibility index (Phi) is 2.66. The first-order valence-electron chi connectivity index (χ1n) is 7.19. The molecule has 6 nitrogen and oxygen atoms in total. The van der Waals surface area contributed by atoms with Crippen molar-refractivity contribution < 1.29 is 0 Å². The van der Waals surface area contributed by atoms with Crippen LogP contribution < -0.4 is 5.69 Å². The first-order chi connectivity index (χ1) is 10.6. The Hall–Kier alpha value is -2.89. The highest BCUT2D eigenvalue weighted by molar-refractivity contribution is 5.76. The molecule has 1 N–H and O–H groups in total. The molecule has 0 aliphatic heterocycles. The number of nitrogens with one attached hydrogen (secondary N) is 1. The number of fused-ring (bicyclic) bond motifs is 3. The molecule has 3 aromatic heterocycles. The summed E-state index contributed by atoms with van der Waals surface area (Å²) >= 11 is 0. The van der Waals surface area contributed by atoms with Crippen LogP contribution in [0.4, 0.5) is 0 Å². The van der Waals surface area contributed by atoms with Crippen LogP contribution in [0.2, 0.25) is 0 Å². The van der Waals surface area contributed by atoms with Gasteiger partial charge in [-0.15, -0.1) is 0 Å². The molecule has 0 amide bonds. The maximum absolute atomic E-state index is 11.6. The molecule has 0 saturated heterocycles. The van der Waals surface area contributed by atoms with E-state index in [1.165, 1.54) is 9.96 Å². The highest BCUT2D eigenvalue weighted by atomic mass is 16.1. The zero-order valence-electron chi connectivity index (χ0n) is 12.3. The summed E-state index contributed by atoms with van der Waals surface area (Å²) in [7, 11) is 0. The van der Waals surface area contributed by atoms with Crippen molar-refractivity contribution in [3.8, 4) is 11.3 Å². The van der Waals surface area contributed by atoms with Gasteiger partial charge in [-0.1, -0.05) is 38.1 Å². The van der Waals surface area contributed by atoms with E-state index in [0.717, 1.165) is 16.8 Å². The molecule has 4 rings (SSSR count). The van der Waals surface area contributed by atoms with Gasteiger partial charge in [0.25, 0.3) is 0 Å². The molecule has 0 atom stereocenters. The fourth-order valence-electron chi connectivity index (χ4n) is 2.61. The molecule has 0 aliphatic rings. The van der Waals surface area contributed by atoms with Crippen LogP contribution in [-0.2, 0) is 0 Å². The first kappa shape index (κ1) is 12.8. The van der Waals surface area contributed by atoms with Gasteiger partial charge in [0.05, 0.1) is 5.69 Å². The van der Waals surface area contributed by atoms with Gasteiger partial charge >= 0.3 is 5.69 Å². The van der Waals surface area contributed by atoms with Crippen molar-refractivity contribution in [2.75, 3.05) is 0 Å². The zero-order chi connectivity index (χ0) is 15.3. The minimum Gasteiger partial charge on any atom is -0.247 e. The standard InChI is InChI=1S/C16H15N5O/c1-10(2)11-3-5-12(6-4-11)13-9-14-15-17-18-16(22)20(15)7-8-21(14)19-13/h3-10H,1-2H3,(H,18,22). The normalized spacial score (nSPS) is 11.8. The summed E-state index contributed by atoms with van der Waals surface area (Å²) in [4.78, 5) is 11.6. The number of nitrogens with zero attached hydrogens (tertiary/aromatic N) is 4. The Morgan fingerprint density at radius 3 is 2.64 bits per heavy atom. The molecule has 4 aromatic rings. The Morgan fingerprint density at radius 2 is 1.91 bits per heavy atom. The molecule has 1 aromatic carbocycles. The van der Waals surface area contributed by atoms with E-state index in [1.807, 2.05) is 6.07 Å². The number of rotatable bonds is 2. The molecule has 0 spiro atoms. The Morgan fingerprint density at radius 1 is 1.14 bits per heavy atom. The van der Waals surface area contributed by atoms with E-state index in [-0.39, 0.29) is 5.69 Å². The van der Waals surface area contributed by atoms with E-state index in [2.05, 4.69) is 53.4 Å². The van der Waals surface area contributed by atoms with Crippen molar-refractivity contribution in [2.24, 2.45) is 0 Å². The van der Waals surface area contributed by atoms with E-state index in [0.29, 0.717) is 11.6 Å². The molecule has 0 aliphatic carbocycles. The fourth-order valence-corrected chi connectivity index (χ4v) is 2.61. The largest absolute Gasteiger partial charge is 0.347 e. The smallest absolute Gasteiger partial charge is 0.247 e. The minimum absolute atomic E-state index is 0.249. The monoisotopic (exact) mass is 293 g/mol. The van der Waals surface area contributed by atoms with Crippen molar-refractivity contribution in [3.63, 3.8) is 0 Å². The Bertz CT molecular complexity index is 1020. The van der Waals surface area contributed by atoms with Crippen LogP contribution in [0, 0.1) is 0 Å². The van der Waals surface area contributed by atoms with Crippen LogP contribution in [0.25, 0.3) is 22.4 Å². The van der Waals surface area contributed by atoms with Crippen LogP contribution in [0.15, 0.2) is 47.5 Å². The average molecular weight is 293 g/mol. The predicted octanol–water partition coefficient (Wildman–Crippen LogP) is 2.46. The molecule has 0 saturated carbocycles. The van der Waals surface area contributed by atoms with Crippen LogP contribution in [0.3, 0.4) is 0 Å². The highest BCUT2D eigenvalue weighted by Crippen LogP contribution is 2.23. The van der Waals surface area contributed by atoms with Crippen LogP contribution >= 0.6 is 0 Å². The Balaban J connectivity index is 1.88. The molecular formula is C16H15N5O. The van der Waals surface area contributed by atoms with Gasteiger partial charge in [-0.05, 0) is 17.5 Å². The van der Waals surface area contributed by atoms with Gasteiger partial charge < -0.3 is 0 Å². The van der Waals surface area contributed by atoms with Gasteiger partial charge in [0, 0.05) is 18.0 Å². The van der Waals surface area contributed by atoms with E-state index >= 15 is 0 Å². The number of benzene rings is 1. The lowest BCUT2D eigenvalue weighted by Gasteiger charge is -2.05. The van der Waals surface area contributed by atoms with E-state index < -0.39 is 0 Å². The second-order valence-electron chi connectivity index (χ2n) is 5.66. The van der Waals surface area contributed by atoms with Gasteiger partial charge in [-0.3, -0.25) is 0 Å². The van der Waals surface area contributed by atoms with Gasteiger partial charge in [-0.25, -0.2) is 18.8 Å². The third-order valence-corrected chi connectivity index (χ3v) is 3.90. The number of hydrogen-bond acceptors (Lipinski definition) is 3. The molecule has 0 fully saturated rings. The highest BCUT2D eigenvalue weighted by Gasteiger charge is 2.10. The number of hydrogen-bond donors (Lipinski definition) is 1. The summed E-state index contributed by atoms with van der Waals surface area (Å²) in [5, 5.41) is 11.1. The molecule has 6 heteroatoms. The van der Waals surface area contributed by atoms with E-state index in [9.17, 15) is 4.79 Å². The van der Waals surface area contributed by atoms with E-state index in [1.54, 1.807) is 16.9 Å². The van der Waals surface area contributed by atoms with Crippen molar-refractivity contribution in [3.05, 3.63) is 58.8 Å². The van der Waals surface area contributed by atoms with Gasteiger partial charge in [0.2, 0.25) is 0 Å².